The third-order valence-corrected chi connectivity index (χ3v) is 5.13. The Bertz CT molecular complexity index is 721. The van der Waals surface area contributed by atoms with Gasteiger partial charge in [0.15, 0.2) is 11.6 Å². The summed E-state index contributed by atoms with van der Waals surface area (Å²) in [5.41, 5.74) is 1.94. The average molecular weight is 341 g/mol. The van der Waals surface area contributed by atoms with Gasteiger partial charge in [0, 0.05) is 45.8 Å². The molecule has 1 aromatic carbocycles. The lowest BCUT2D eigenvalue weighted by Crippen LogP contribution is -2.49. The van der Waals surface area contributed by atoms with Crippen LogP contribution in [0.5, 0.6) is 0 Å². The van der Waals surface area contributed by atoms with Gasteiger partial charge in [-0.25, -0.2) is 9.97 Å². The van der Waals surface area contributed by atoms with E-state index in [4.69, 9.17) is 9.97 Å². The van der Waals surface area contributed by atoms with E-state index in [-0.39, 0.29) is 6.10 Å². The van der Waals surface area contributed by atoms with Crippen LogP contribution in [0.15, 0.2) is 24.3 Å². The second kappa shape index (κ2) is 7.14. The quantitative estimate of drug-likeness (QED) is 0.914. The lowest BCUT2D eigenvalue weighted by atomic mass is 10.2. The lowest BCUT2D eigenvalue weighted by molar-refractivity contribution is 0.122. The minimum absolute atomic E-state index is 0.271. The first-order valence-electron chi connectivity index (χ1n) is 9.38. The topological polar surface area (TPSA) is 55.7 Å². The van der Waals surface area contributed by atoms with Crippen LogP contribution in [-0.4, -0.2) is 71.9 Å². The fourth-order valence-electron chi connectivity index (χ4n) is 3.85. The van der Waals surface area contributed by atoms with Gasteiger partial charge in [-0.05, 0) is 31.9 Å². The van der Waals surface area contributed by atoms with Crippen molar-refractivity contribution in [2.45, 2.75) is 25.9 Å². The van der Waals surface area contributed by atoms with Crippen LogP contribution < -0.4 is 9.80 Å². The number of para-hydroxylation sites is 2. The van der Waals surface area contributed by atoms with Gasteiger partial charge in [0.2, 0.25) is 0 Å². The number of aromatic nitrogens is 2. The van der Waals surface area contributed by atoms with Crippen LogP contribution in [0, 0.1) is 0 Å². The molecule has 2 aliphatic rings. The van der Waals surface area contributed by atoms with Crippen LogP contribution in [0.25, 0.3) is 11.0 Å². The number of hydrogen-bond acceptors (Lipinski definition) is 6. The highest BCUT2D eigenvalue weighted by molar-refractivity contribution is 5.81. The molecular weight excluding hydrogens is 314 g/mol. The van der Waals surface area contributed by atoms with Crippen LogP contribution in [0.4, 0.5) is 11.6 Å². The minimum Gasteiger partial charge on any atom is -0.392 e. The van der Waals surface area contributed by atoms with Gasteiger partial charge in [0.05, 0.1) is 17.1 Å². The average Bonchev–Trinajstić information content (AvgIpc) is 3.15. The standard InChI is InChI=1S/C19H27N5O/c1-15(25)14-22-10-12-24(13-11-22)19-18(23-8-4-5-9-23)20-16-6-2-3-7-17(16)21-19/h2-3,6-7,15,25H,4-5,8-14H2,1H3/t15-/m1/s1. The molecule has 0 radical (unpaired) electrons. The predicted octanol–water partition coefficient (Wildman–Crippen LogP) is 1.73. The lowest BCUT2D eigenvalue weighted by Gasteiger charge is -2.37. The normalized spacial score (nSPS) is 20.4. The number of benzene rings is 1. The maximum absolute atomic E-state index is 9.61. The molecule has 25 heavy (non-hydrogen) atoms. The smallest absolute Gasteiger partial charge is 0.172 e. The first-order chi connectivity index (χ1) is 12.2. The highest BCUT2D eigenvalue weighted by Crippen LogP contribution is 2.31. The Hall–Kier alpha value is -1.92. The van der Waals surface area contributed by atoms with Crippen molar-refractivity contribution in [3.8, 4) is 0 Å². The van der Waals surface area contributed by atoms with Gasteiger partial charge in [-0.3, -0.25) is 4.90 Å². The van der Waals surface area contributed by atoms with E-state index in [2.05, 4.69) is 14.7 Å². The van der Waals surface area contributed by atoms with Gasteiger partial charge >= 0.3 is 0 Å². The summed E-state index contributed by atoms with van der Waals surface area (Å²) < 4.78 is 0. The summed E-state index contributed by atoms with van der Waals surface area (Å²) >= 11 is 0. The number of rotatable bonds is 4. The molecule has 0 spiro atoms. The minimum atomic E-state index is -0.271. The maximum atomic E-state index is 9.61. The van der Waals surface area contributed by atoms with E-state index in [0.717, 1.165) is 68.5 Å². The predicted molar refractivity (Wildman–Crippen MR) is 101 cm³/mol. The zero-order valence-corrected chi connectivity index (χ0v) is 14.9. The largest absolute Gasteiger partial charge is 0.392 e. The number of fused-ring (bicyclic) bond motifs is 1. The molecule has 2 aromatic rings. The zero-order valence-electron chi connectivity index (χ0n) is 14.9. The molecular formula is C19H27N5O. The first-order valence-corrected chi connectivity index (χ1v) is 9.38. The fraction of sp³-hybridized carbons (Fsp3) is 0.579. The second-order valence-corrected chi connectivity index (χ2v) is 7.19. The molecule has 0 saturated carbocycles. The Labute approximate surface area is 149 Å². The van der Waals surface area contributed by atoms with Crippen molar-refractivity contribution < 1.29 is 5.11 Å². The summed E-state index contributed by atoms with van der Waals surface area (Å²) in [6, 6.07) is 8.14. The summed E-state index contributed by atoms with van der Waals surface area (Å²) in [6.07, 6.45) is 2.19. The summed E-state index contributed by atoms with van der Waals surface area (Å²) in [6.45, 7) is 8.52. The van der Waals surface area contributed by atoms with Crippen LogP contribution in [0.2, 0.25) is 0 Å². The highest BCUT2D eigenvalue weighted by atomic mass is 16.3. The number of aliphatic hydroxyl groups excluding tert-OH is 1. The number of nitrogens with zero attached hydrogens (tertiary/aromatic N) is 5. The van der Waals surface area contributed by atoms with Crippen molar-refractivity contribution in [1.82, 2.24) is 14.9 Å². The van der Waals surface area contributed by atoms with Crippen LogP contribution >= 0.6 is 0 Å². The third-order valence-electron chi connectivity index (χ3n) is 5.13. The maximum Gasteiger partial charge on any atom is 0.172 e. The Morgan fingerprint density at radius 2 is 1.40 bits per heavy atom. The van der Waals surface area contributed by atoms with Crippen LogP contribution in [-0.2, 0) is 0 Å². The van der Waals surface area contributed by atoms with Crippen molar-refractivity contribution in [2.75, 3.05) is 55.6 Å². The number of anilines is 2. The van der Waals surface area contributed by atoms with Gasteiger partial charge in [-0.15, -0.1) is 0 Å². The van der Waals surface area contributed by atoms with Crippen molar-refractivity contribution in [1.29, 1.82) is 0 Å². The molecule has 2 fully saturated rings. The molecule has 134 valence electrons. The molecule has 0 bridgehead atoms. The Kier molecular flexibility index (Phi) is 4.72. The highest BCUT2D eigenvalue weighted by Gasteiger charge is 2.26. The molecule has 1 aromatic heterocycles. The summed E-state index contributed by atoms with van der Waals surface area (Å²) in [5.74, 6) is 2.07. The van der Waals surface area contributed by atoms with Gasteiger partial charge < -0.3 is 14.9 Å². The molecule has 6 nitrogen and oxygen atoms in total. The molecule has 4 rings (SSSR count). The van der Waals surface area contributed by atoms with Gasteiger partial charge in [-0.1, -0.05) is 12.1 Å². The molecule has 6 heteroatoms. The fourth-order valence-corrected chi connectivity index (χ4v) is 3.85. The van der Waals surface area contributed by atoms with Crippen molar-refractivity contribution in [3.05, 3.63) is 24.3 Å². The Balaban J connectivity index is 1.62. The number of β-amino-alcohol motifs (C(OH)–C–C–N with tert-alkyl or cyclic N) is 1. The SMILES string of the molecule is C[C@@H](O)CN1CCN(c2nc3ccccc3nc2N2CCCC2)CC1. The molecule has 0 amide bonds. The van der Waals surface area contributed by atoms with E-state index in [9.17, 15) is 5.11 Å². The molecule has 3 heterocycles. The summed E-state index contributed by atoms with van der Waals surface area (Å²) in [4.78, 5) is 17.0. The van der Waals surface area contributed by atoms with E-state index in [0.29, 0.717) is 0 Å². The second-order valence-electron chi connectivity index (χ2n) is 7.19. The molecule has 2 aliphatic heterocycles. The van der Waals surface area contributed by atoms with Gasteiger partial charge in [0.25, 0.3) is 0 Å². The van der Waals surface area contributed by atoms with Crippen LogP contribution in [0.3, 0.4) is 0 Å². The molecule has 1 N–H and O–H groups in total. The number of aliphatic hydroxyl groups is 1. The Morgan fingerprint density at radius 1 is 0.880 bits per heavy atom. The van der Waals surface area contributed by atoms with E-state index in [1.54, 1.807) is 0 Å². The summed E-state index contributed by atoms with van der Waals surface area (Å²) in [5, 5.41) is 9.61. The van der Waals surface area contributed by atoms with Crippen molar-refractivity contribution in [3.63, 3.8) is 0 Å². The van der Waals surface area contributed by atoms with E-state index in [1.807, 2.05) is 31.2 Å². The van der Waals surface area contributed by atoms with Crippen molar-refractivity contribution >= 4 is 22.7 Å². The monoisotopic (exact) mass is 341 g/mol. The first kappa shape index (κ1) is 16.5. The van der Waals surface area contributed by atoms with Crippen molar-refractivity contribution in [2.24, 2.45) is 0 Å². The summed E-state index contributed by atoms with van der Waals surface area (Å²) in [7, 11) is 0. The third kappa shape index (κ3) is 3.55. The van der Waals surface area contributed by atoms with Gasteiger partial charge in [0.1, 0.15) is 0 Å². The molecule has 0 aliphatic carbocycles. The molecule has 1 atom stereocenters. The van der Waals surface area contributed by atoms with E-state index >= 15 is 0 Å². The van der Waals surface area contributed by atoms with E-state index in [1.165, 1.54) is 12.8 Å². The van der Waals surface area contributed by atoms with Gasteiger partial charge in [-0.2, -0.15) is 0 Å². The molecule has 0 unspecified atom stereocenters. The number of hydrogen-bond donors (Lipinski definition) is 1. The number of piperazine rings is 1. The van der Waals surface area contributed by atoms with E-state index < -0.39 is 0 Å². The van der Waals surface area contributed by atoms with Crippen LogP contribution in [0.1, 0.15) is 19.8 Å². The zero-order chi connectivity index (χ0) is 17.2. The molecule has 2 saturated heterocycles. The Morgan fingerprint density at radius 3 is 1.92 bits per heavy atom.